The van der Waals surface area contributed by atoms with Crippen molar-refractivity contribution in [3.8, 4) is 5.69 Å². The van der Waals surface area contributed by atoms with Gasteiger partial charge in [-0.25, -0.2) is 4.98 Å². The Labute approximate surface area is 99.7 Å². The van der Waals surface area contributed by atoms with Crippen LogP contribution in [0, 0.1) is 0 Å². The van der Waals surface area contributed by atoms with Gasteiger partial charge in [-0.05, 0) is 24.3 Å². The third kappa shape index (κ3) is 1.73. The topological polar surface area (TPSA) is 31.0 Å². The molecule has 0 saturated heterocycles. The van der Waals surface area contributed by atoms with Gasteiger partial charge in [0.05, 0.1) is 0 Å². The summed E-state index contributed by atoms with van der Waals surface area (Å²) in [6, 6.07) is 10.1. The smallest absolute Gasteiger partial charge is 0.198 e. The molecule has 0 radical (unpaired) electrons. The summed E-state index contributed by atoms with van der Waals surface area (Å²) in [6.45, 7) is 4.16. The third-order valence-electron chi connectivity index (χ3n) is 2.79. The van der Waals surface area contributed by atoms with Gasteiger partial charge in [-0.15, -0.1) is 0 Å². The molecule has 0 fully saturated rings. The van der Waals surface area contributed by atoms with E-state index in [4.69, 9.17) is 4.42 Å². The first-order valence-corrected chi connectivity index (χ1v) is 5.78. The number of aromatic nitrogens is 2. The van der Waals surface area contributed by atoms with Crippen LogP contribution in [0.3, 0.4) is 0 Å². The summed E-state index contributed by atoms with van der Waals surface area (Å²) in [7, 11) is 0. The third-order valence-corrected chi connectivity index (χ3v) is 2.79. The Bertz CT molecular complexity index is 635. The van der Waals surface area contributed by atoms with E-state index in [1.165, 1.54) is 0 Å². The first-order valence-electron chi connectivity index (χ1n) is 5.78. The highest BCUT2D eigenvalue weighted by Crippen LogP contribution is 2.23. The van der Waals surface area contributed by atoms with Crippen molar-refractivity contribution >= 4 is 11.1 Å². The molecule has 0 unspecified atom stereocenters. The van der Waals surface area contributed by atoms with Crippen molar-refractivity contribution in [2.45, 2.75) is 19.8 Å². The molecular formula is C14H14N2O. The van der Waals surface area contributed by atoms with Gasteiger partial charge in [-0.2, -0.15) is 0 Å². The van der Waals surface area contributed by atoms with Crippen molar-refractivity contribution < 1.29 is 4.42 Å². The second-order valence-electron chi connectivity index (χ2n) is 4.45. The van der Waals surface area contributed by atoms with Gasteiger partial charge in [0.2, 0.25) is 0 Å². The fourth-order valence-corrected chi connectivity index (χ4v) is 1.85. The molecule has 3 rings (SSSR count). The summed E-state index contributed by atoms with van der Waals surface area (Å²) in [5.74, 6) is 1.11. The predicted molar refractivity (Wildman–Crippen MR) is 67.4 cm³/mol. The number of oxazole rings is 1. The van der Waals surface area contributed by atoms with E-state index in [1.54, 1.807) is 0 Å². The average Bonchev–Trinajstić information content (AvgIpc) is 2.97. The van der Waals surface area contributed by atoms with Crippen molar-refractivity contribution in [2.75, 3.05) is 0 Å². The summed E-state index contributed by atoms with van der Waals surface area (Å²) < 4.78 is 7.80. The Hall–Kier alpha value is -2.03. The summed E-state index contributed by atoms with van der Waals surface area (Å²) in [6.07, 6.45) is 4.03. The van der Waals surface area contributed by atoms with Gasteiger partial charge < -0.3 is 8.98 Å². The Morgan fingerprint density at radius 3 is 2.65 bits per heavy atom. The van der Waals surface area contributed by atoms with Gasteiger partial charge in [0.15, 0.2) is 11.5 Å². The van der Waals surface area contributed by atoms with Gasteiger partial charge >= 0.3 is 0 Å². The molecule has 0 atom stereocenters. The SMILES string of the molecule is CC(C)c1nc2ccc(-n3cccc3)cc2o1. The normalized spacial score (nSPS) is 11.5. The molecule has 3 aromatic rings. The molecule has 0 saturated carbocycles. The van der Waals surface area contributed by atoms with E-state index in [9.17, 15) is 0 Å². The van der Waals surface area contributed by atoms with Crippen molar-refractivity contribution in [3.05, 3.63) is 48.6 Å². The lowest BCUT2D eigenvalue weighted by molar-refractivity contribution is 0.501. The fraction of sp³-hybridized carbons (Fsp3) is 0.214. The van der Waals surface area contributed by atoms with Crippen LogP contribution in [-0.2, 0) is 0 Å². The molecule has 0 aliphatic rings. The number of nitrogens with zero attached hydrogens (tertiary/aromatic N) is 2. The molecule has 2 aromatic heterocycles. The quantitative estimate of drug-likeness (QED) is 0.666. The Morgan fingerprint density at radius 1 is 1.18 bits per heavy atom. The van der Waals surface area contributed by atoms with Crippen molar-refractivity contribution in [3.63, 3.8) is 0 Å². The lowest BCUT2D eigenvalue weighted by atomic mass is 10.2. The molecule has 17 heavy (non-hydrogen) atoms. The molecule has 0 bridgehead atoms. The molecule has 0 aliphatic carbocycles. The van der Waals surface area contributed by atoms with E-state index in [2.05, 4.69) is 29.5 Å². The van der Waals surface area contributed by atoms with Gasteiger partial charge in [0.1, 0.15) is 5.52 Å². The minimum Gasteiger partial charge on any atom is -0.440 e. The summed E-state index contributed by atoms with van der Waals surface area (Å²) in [5, 5.41) is 0. The summed E-state index contributed by atoms with van der Waals surface area (Å²) >= 11 is 0. The molecule has 3 heteroatoms. The van der Waals surface area contributed by atoms with Crippen LogP contribution < -0.4 is 0 Å². The molecule has 1 aromatic carbocycles. The van der Waals surface area contributed by atoms with Gasteiger partial charge in [0, 0.05) is 30.1 Å². The van der Waals surface area contributed by atoms with E-state index in [0.717, 1.165) is 22.7 Å². The van der Waals surface area contributed by atoms with Crippen LogP contribution in [0.2, 0.25) is 0 Å². The Morgan fingerprint density at radius 2 is 1.94 bits per heavy atom. The summed E-state index contributed by atoms with van der Waals surface area (Å²) in [4.78, 5) is 4.46. The first-order chi connectivity index (χ1) is 8.24. The van der Waals surface area contributed by atoms with Crippen LogP contribution >= 0.6 is 0 Å². The number of hydrogen-bond acceptors (Lipinski definition) is 2. The second-order valence-corrected chi connectivity index (χ2v) is 4.45. The monoisotopic (exact) mass is 226 g/mol. The lowest BCUT2D eigenvalue weighted by Crippen LogP contribution is -1.87. The number of rotatable bonds is 2. The first kappa shape index (κ1) is 10.1. The van der Waals surface area contributed by atoms with Crippen LogP contribution in [0.1, 0.15) is 25.7 Å². The minimum atomic E-state index is 0.317. The molecule has 0 N–H and O–H groups in total. The average molecular weight is 226 g/mol. The lowest BCUT2D eigenvalue weighted by Gasteiger charge is -2.00. The fourth-order valence-electron chi connectivity index (χ4n) is 1.85. The molecule has 86 valence electrons. The molecule has 3 nitrogen and oxygen atoms in total. The molecular weight excluding hydrogens is 212 g/mol. The zero-order chi connectivity index (χ0) is 11.8. The van der Waals surface area contributed by atoms with E-state index < -0.39 is 0 Å². The molecule has 2 heterocycles. The van der Waals surface area contributed by atoms with Crippen LogP contribution in [0.4, 0.5) is 0 Å². The number of benzene rings is 1. The zero-order valence-corrected chi connectivity index (χ0v) is 9.92. The largest absolute Gasteiger partial charge is 0.440 e. The van der Waals surface area contributed by atoms with E-state index in [1.807, 2.05) is 36.7 Å². The highest BCUT2D eigenvalue weighted by Gasteiger charge is 2.09. The minimum absolute atomic E-state index is 0.317. The Kier molecular flexibility index (Phi) is 2.25. The van der Waals surface area contributed by atoms with Crippen LogP contribution in [0.25, 0.3) is 16.8 Å². The Balaban J connectivity index is 2.13. The van der Waals surface area contributed by atoms with Crippen molar-refractivity contribution in [1.82, 2.24) is 9.55 Å². The number of fused-ring (bicyclic) bond motifs is 1. The highest BCUT2D eigenvalue weighted by molar-refractivity contribution is 5.75. The summed E-state index contributed by atoms with van der Waals surface area (Å²) in [5.41, 5.74) is 2.86. The maximum Gasteiger partial charge on any atom is 0.198 e. The van der Waals surface area contributed by atoms with Crippen LogP contribution in [0.5, 0.6) is 0 Å². The number of hydrogen-bond donors (Lipinski definition) is 0. The van der Waals surface area contributed by atoms with E-state index in [-0.39, 0.29) is 0 Å². The molecule has 0 aliphatic heterocycles. The second kappa shape index (κ2) is 3.77. The van der Waals surface area contributed by atoms with Crippen molar-refractivity contribution in [2.24, 2.45) is 0 Å². The zero-order valence-electron chi connectivity index (χ0n) is 9.92. The molecule has 0 amide bonds. The highest BCUT2D eigenvalue weighted by atomic mass is 16.3. The van der Waals surface area contributed by atoms with E-state index >= 15 is 0 Å². The van der Waals surface area contributed by atoms with Gasteiger partial charge in [-0.3, -0.25) is 0 Å². The van der Waals surface area contributed by atoms with Gasteiger partial charge in [0.25, 0.3) is 0 Å². The van der Waals surface area contributed by atoms with Crippen molar-refractivity contribution in [1.29, 1.82) is 0 Å². The molecule has 0 spiro atoms. The maximum atomic E-state index is 5.74. The van der Waals surface area contributed by atoms with Crippen LogP contribution in [-0.4, -0.2) is 9.55 Å². The predicted octanol–water partition coefficient (Wildman–Crippen LogP) is 3.74. The maximum absolute atomic E-state index is 5.74. The van der Waals surface area contributed by atoms with Gasteiger partial charge in [-0.1, -0.05) is 13.8 Å². The standard InChI is InChI=1S/C14H14N2O/c1-10(2)14-15-12-6-5-11(9-13(12)17-14)16-7-3-4-8-16/h3-10H,1-2H3. The van der Waals surface area contributed by atoms with E-state index in [0.29, 0.717) is 5.92 Å². The van der Waals surface area contributed by atoms with Crippen LogP contribution in [0.15, 0.2) is 47.1 Å².